The zero-order valence-electron chi connectivity index (χ0n) is 13.3. The van der Waals surface area contributed by atoms with E-state index in [0.29, 0.717) is 19.8 Å². The Hall–Kier alpha value is 0.0169. The van der Waals surface area contributed by atoms with Crippen molar-refractivity contribution in [2.24, 2.45) is 0 Å². The highest BCUT2D eigenvalue weighted by Crippen LogP contribution is 2.18. The fourth-order valence-corrected chi connectivity index (χ4v) is 4.93. The van der Waals surface area contributed by atoms with Crippen LogP contribution in [-0.4, -0.2) is 72.0 Å². The van der Waals surface area contributed by atoms with Crippen molar-refractivity contribution in [3.8, 4) is 0 Å². The van der Waals surface area contributed by atoms with Gasteiger partial charge < -0.3 is 22.9 Å². The van der Waals surface area contributed by atoms with Gasteiger partial charge in [0.15, 0.2) is 0 Å². The summed E-state index contributed by atoms with van der Waals surface area (Å²) < 4.78 is 18.4. The summed E-state index contributed by atoms with van der Waals surface area (Å²) in [6.07, 6.45) is 0.819. The van der Waals surface area contributed by atoms with Gasteiger partial charge in [0.25, 0.3) is 0 Å². The van der Waals surface area contributed by atoms with Crippen LogP contribution in [0.5, 0.6) is 0 Å². The lowest BCUT2D eigenvalue weighted by Gasteiger charge is -2.34. The fourth-order valence-electron chi connectivity index (χ4n) is 2.05. The van der Waals surface area contributed by atoms with Crippen molar-refractivity contribution in [3.05, 3.63) is 0 Å². The lowest BCUT2D eigenvalue weighted by atomic mass is 10.3. The number of aliphatic hydroxyl groups excluding tert-OH is 1. The van der Waals surface area contributed by atoms with Crippen molar-refractivity contribution in [2.75, 3.05) is 53.6 Å². The maximum absolute atomic E-state index is 8.93. The predicted octanol–water partition coefficient (Wildman–Crippen LogP) is 1.49. The second kappa shape index (κ2) is 9.85. The van der Waals surface area contributed by atoms with Crippen molar-refractivity contribution < 1.29 is 22.9 Å². The summed E-state index contributed by atoms with van der Waals surface area (Å²) >= 11 is 0. The van der Waals surface area contributed by atoms with Crippen LogP contribution >= 0.6 is 0 Å². The highest BCUT2D eigenvalue weighted by Gasteiger charge is 2.42. The zero-order valence-corrected chi connectivity index (χ0v) is 14.3. The normalized spacial score (nSPS) is 12.9. The number of quaternary nitrogens is 1. The molecule has 0 bridgehead atoms. The summed E-state index contributed by atoms with van der Waals surface area (Å²) in [5.74, 6) is 0. The predicted molar refractivity (Wildman–Crippen MR) is 79.0 cm³/mol. The maximum atomic E-state index is 8.93. The summed E-state index contributed by atoms with van der Waals surface area (Å²) in [5.41, 5.74) is 0. The van der Waals surface area contributed by atoms with Gasteiger partial charge in [0.05, 0.1) is 33.2 Å². The number of nitrogens with zero attached hydrogens (tertiary/aromatic N) is 1. The van der Waals surface area contributed by atoms with Crippen molar-refractivity contribution >= 4 is 8.80 Å². The smallest absolute Gasteiger partial charge is 0.396 e. The van der Waals surface area contributed by atoms with E-state index in [-0.39, 0.29) is 6.61 Å². The summed E-state index contributed by atoms with van der Waals surface area (Å²) in [4.78, 5) is 0. The Bertz CT molecular complexity index is 210. The Kier molecular flexibility index (Phi) is 9.86. The molecule has 1 N–H and O–H groups in total. The van der Waals surface area contributed by atoms with Crippen LogP contribution in [0.2, 0.25) is 6.04 Å². The minimum atomic E-state index is -2.52. The van der Waals surface area contributed by atoms with Gasteiger partial charge in [0.2, 0.25) is 0 Å². The molecular formula is C13H32NO4Si+. The standard InChI is InChI=1S/C13H32NO4Si/c1-6-16-19(17-7-2,18-8-3)13-11-14(4,5)10-9-12-15/h15H,6-13H2,1-5H3/q+1. The van der Waals surface area contributed by atoms with E-state index >= 15 is 0 Å². The highest BCUT2D eigenvalue weighted by molar-refractivity contribution is 6.60. The molecule has 0 rings (SSSR count). The zero-order chi connectivity index (χ0) is 14.8. The van der Waals surface area contributed by atoms with Gasteiger partial charge in [-0.2, -0.15) is 0 Å². The van der Waals surface area contributed by atoms with Crippen LogP contribution in [0.1, 0.15) is 27.2 Å². The lowest BCUT2D eigenvalue weighted by molar-refractivity contribution is -0.888. The topological polar surface area (TPSA) is 47.9 Å². The Labute approximate surface area is 119 Å². The van der Waals surface area contributed by atoms with Gasteiger partial charge in [-0.05, 0) is 20.8 Å². The first-order chi connectivity index (χ1) is 8.95. The SMILES string of the molecule is CCO[Si](CC[N+](C)(C)CCCO)(OCC)OCC. The van der Waals surface area contributed by atoms with Gasteiger partial charge in [-0.25, -0.2) is 0 Å². The van der Waals surface area contributed by atoms with Crippen molar-refractivity contribution in [3.63, 3.8) is 0 Å². The average Bonchev–Trinajstić information content (AvgIpc) is 2.35. The lowest BCUT2D eigenvalue weighted by Crippen LogP contribution is -2.51. The van der Waals surface area contributed by atoms with Crippen molar-refractivity contribution in [1.82, 2.24) is 0 Å². The van der Waals surface area contributed by atoms with Crippen LogP contribution in [0, 0.1) is 0 Å². The van der Waals surface area contributed by atoms with Gasteiger partial charge in [0, 0.05) is 32.8 Å². The summed E-state index contributed by atoms with van der Waals surface area (Å²) in [5, 5.41) is 8.93. The quantitative estimate of drug-likeness (QED) is 0.438. The second-order valence-electron chi connectivity index (χ2n) is 5.19. The molecule has 0 aromatic rings. The van der Waals surface area contributed by atoms with Crippen LogP contribution < -0.4 is 0 Å². The van der Waals surface area contributed by atoms with E-state index in [4.69, 9.17) is 18.4 Å². The molecular weight excluding hydrogens is 262 g/mol. The van der Waals surface area contributed by atoms with Crippen molar-refractivity contribution in [2.45, 2.75) is 33.2 Å². The molecule has 0 spiro atoms. The number of hydrogen-bond acceptors (Lipinski definition) is 4. The first-order valence-corrected chi connectivity index (χ1v) is 9.23. The molecule has 0 aromatic heterocycles. The monoisotopic (exact) mass is 294 g/mol. The molecule has 0 aromatic carbocycles. The van der Waals surface area contributed by atoms with Crippen LogP contribution in [0.15, 0.2) is 0 Å². The first-order valence-electron chi connectivity index (χ1n) is 7.30. The number of hydrogen-bond donors (Lipinski definition) is 1. The molecule has 0 radical (unpaired) electrons. The van der Waals surface area contributed by atoms with Gasteiger partial charge in [0.1, 0.15) is 0 Å². The van der Waals surface area contributed by atoms with Crippen LogP contribution in [-0.2, 0) is 13.3 Å². The maximum Gasteiger partial charge on any atom is 0.506 e. The largest absolute Gasteiger partial charge is 0.506 e. The number of rotatable bonds is 12. The molecule has 0 atom stereocenters. The molecule has 0 aliphatic carbocycles. The van der Waals surface area contributed by atoms with Gasteiger partial charge in [-0.15, -0.1) is 0 Å². The van der Waals surface area contributed by atoms with E-state index in [2.05, 4.69) is 14.1 Å². The molecule has 116 valence electrons. The molecule has 0 saturated carbocycles. The highest BCUT2D eigenvalue weighted by atomic mass is 28.4. The molecule has 0 heterocycles. The molecule has 5 nitrogen and oxygen atoms in total. The number of aliphatic hydroxyl groups is 1. The third-order valence-corrected chi connectivity index (χ3v) is 6.06. The molecule has 19 heavy (non-hydrogen) atoms. The van der Waals surface area contributed by atoms with E-state index in [0.717, 1.165) is 30.0 Å². The Morgan fingerprint density at radius 3 is 1.74 bits per heavy atom. The minimum absolute atomic E-state index is 0.243. The Morgan fingerprint density at radius 2 is 1.37 bits per heavy atom. The summed E-state index contributed by atoms with van der Waals surface area (Å²) in [6, 6.07) is 0.820. The summed E-state index contributed by atoms with van der Waals surface area (Å²) in [6.45, 7) is 9.93. The fraction of sp³-hybridized carbons (Fsp3) is 1.00. The van der Waals surface area contributed by atoms with Crippen molar-refractivity contribution in [1.29, 1.82) is 0 Å². The molecule has 0 aliphatic heterocycles. The molecule has 0 amide bonds. The molecule has 6 heteroatoms. The minimum Gasteiger partial charge on any atom is -0.396 e. The van der Waals surface area contributed by atoms with Crippen LogP contribution in [0.25, 0.3) is 0 Å². The molecule has 0 aliphatic rings. The molecule has 0 saturated heterocycles. The van der Waals surface area contributed by atoms with Crippen LogP contribution in [0.3, 0.4) is 0 Å². The van der Waals surface area contributed by atoms with Gasteiger partial charge in [-0.3, -0.25) is 0 Å². The third-order valence-electron chi connectivity index (χ3n) is 3.04. The average molecular weight is 294 g/mol. The van der Waals surface area contributed by atoms with Crippen LogP contribution in [0.4, 0.5) is 0 Å². The Balaban J connectivity index is 4.52. The first kappa shape index (κ1) is 19.0. The second-order valence-corrected chi connectivity index (χ2v) is 7.92. The van der Waals surface area contributed by atoms with E-state index in [1.165, 1.54) is 0 Å². The molecule has 0 unspecified atom stereocenters. The van der Waals surface area contributed by atoms with E-state index < -0.39 is 8.80 Å². The van der Waals surface area contributed by atoms with E-state index in [1.807, 2.05) is 20.8 Å². The van der Waals surface area contributed by atoms with E-state index in [9.17, 15) is 0 Å². The Morgan fingerprint density at radius 1 is 0.895 bits per heavy atom. The van der Waals surface area contributed by atoms with Gasteiger partial charge >= 0.3 is 8.80 Å². The van der Waals surface area contributed by atoms with E-state index in [1.54, 1.807) is 0 Å². The third kappa shape index (κ3) is 8.01. The molecule has 0 fully saturated rings. The summed E-state index contributed by atoms with van der Waals surface area (Å²) in [7, 11) is 1.81. The van der Waals surface area contributed by atoms with Gasteiger partial charge in [-0.1, -0.05) is 0 Å².